The molecule has 0 bridgehead atoms. The van der Waals surface area contributed by atoms with Crippen LogP contribution in [0.5, 0.6) is 0 Å². The highest BCUT2D eigenvalue weighted by atomic mass is 16.2. The quantitative estimate of drug-likeness (QED) is 0.756. The highest BCUT2D eigenvalue weighted by Gasteiger charge is 2.45. The number of carbonyl (C=O) groups is 2. The van der Waals surface area contributed by atoms with E-state index >= 15 is 0 Å². The molecule has 2 unspecified atom stereocenters. The minimum atomic E-state index is -1.02. The predicted octanol–water partition coefficient (Wildman–Crippen LogP) is 1.01. The van der Waals surface area contributed by atoms with Gasteiger partial charge in [-0.1, -0.05) is 29.8 Å². The molecule has 0 saturated carbocycles. The van der Waals surface area contributed by atoms with Crippen LogP contribution in [0.4, 0.5) is 0 Å². The van der Waals surface area contributed by atoms with Crippen molar-refractivity contribution in [2.45, 2.75) is 12.8 Å². The Bertz CT molecular complexity index is 575. The molecule has 19 heavy (non-hydrogen) atoms. The molecule has 94 valence electrons. The minimum Gasteiger partial charge on any atom is -0.294 e. The number of benzene rings is 1. The van der Waals surface area contributed by atoms with Gasteiger partial charge in [0, 0.05) is 5.92 Å². The fraction of sp³-hybridized carbons (Fsp3) is 0.286. The summed E-state index contributed by atoms with van der Waals surface area (Å²) in [6.45, 7) is 1.91. The number of nitrogens with one attached hydrogen (secondary N) is 1. The van der Waals surface area contributed by atoms with Gasteiger partial charge in [0.1, 0.15) is 11.8 Å². The third-order valence-corrected chi connectivity index (χ3v) is 3.27. The third-order valence-electron chi connectivity index (χ3n) is 3.27. The monoisotopic (exact) mass is 253 g/mol. The van der Waals surface area contributed by atoms with Gasteiger partial charge in [-0.2, -0.15) is 10.5 Å². The molecule has 1 heterocycles. The number of carbonyl (C=O) groups excluding carboxylic acids is 2. The molecule has 2 amide bonds. The van der Waals surface area contributed by atoms with Gasteiger partial charge < -0.3 is 0 Å². The molecule has 1 N–H and O–H groups in total. The molecule has 0 radical (unpaired) electrons. The average Bonchev–Trinajstić information content (AvgIpc) is 2.39. The van der Waals surface area contributed by atoms with Gasteiger partial charge in [0.25, 0.3) is 0 Å². The van der Waals surface area contributed by atoms with Gasteiger partial charge in [0.05, 0.1) is 12.1 Å². The van der Waals surface area contributed by atoms with Gasteiger partial charge in [-0.15, -0.1) is 0 Å². The lowest BCUT2D eigenvalue weighted by Gasteiger charge is -2.29. The summed E-state index contributed by atoms with van der Waals surface area (Å²) in [5, 5.41) is 20.3. The Kier molecular flexibility index (Phi) is 3.31. The standard InChI is InChI=1S/C14H11N3O2/c1-8-2-4-9(5-3-8)12-10(6-15)13(18)17-14(19)11(12)7-16/h2-5,10-12H,1H3,(H,17,18,19). The lowest BCUT2D eigenvalue weighted by Crippen LogP contribution is -2.49. The van der Waals surface area contributed by atoms with Gasteiger partial charge in [0.2, 0.25) is 11.8 Å². The number of aryl methyl sites for hydroxylation is 1. The van der Waals surface area contributed by atoms with Crippen molar-refractivity contribution in [3.8, 4) is 12.1 Å². The fourth-order valence-corrected chi connectivity index (χ4v) is 2.25. The molecule has 1 aliphatic heterocycles. The van der Waals surface area contributed by atoms with Crippen LogP contribution in [0.25, 0.3) is 0 Å². The van der Waals surface area contributed by atoms with Crippen LogP contribution in [0.1, 0.15) is 17.0 Å². The molecule has 1 saturated heterocycles. The van der Waals surface area contributed by atoms with Gasteiger partial charge in [-0.25, -0.2) is 0 Å². The van der Waals surface area contributed by atoms with E-state index in [4.69, 9.17) is 10.5 Å². The van der Waals surface area contributed by atoms with E-state index in [-0.39, 0.29) is 0 Å². The number of amides is 2. The maximum absolute atomic E-state index is 11.7. The molecule has 1 aromatic rings. The molecule has 1 aromatic carbocycles. The zero-order valence-electron chi connectivity index (χ0n) is 10.3. The summed E-state index contributed by atoms with van der Waals surface area (Å²) in [4.78, 5) is 23.4. The van der Waals surface area contributed by atoms with Crippen LogP contribution >= 0.6 is 0 Å². The zero-order chi connectivity index (χ0) is 14.0. The van der Waals surface area contributed by atoms with Crippen molar-refractivity contribution in [2.24, 2.45) is 11.8 Å². The highest BCUT2D eigenvalue weighted by Crippen LogP contribution is 2.35. The first-order chi connectivity index (χ1) is 9.08. The van der Waals surface area contributed by atoms with Crippen molar-refractivity contribution in [3.05, 3.63) is 35.4 Å². The van der Waals surface area contributed by atoms with Crippen LogP contribution in [0.2, 0.25) is 0 Å². The summed E-state index contributed by atoms with van der Waals surface area (Å²) < 4.78 is 0. The second kappa shape index (κ2) is 4.91. The van der Waals surface area contributed by atoms with Gasteiger partial charge >= 0.3 is 0 Å². The molecule has 0 aromatic heterocycles. The zero-order valence-corrected chi connectivity index (χ0v) is 10.3. The second-order valence-electron chi connectivity index (χ2n) is 4.50. The number of nitrogens with zero attached hydrogens (tertiary/aromatic N) is 2. The van der Waals surface area contributed by atoms with Gasteiger partial charge in [-0.3, -0.25) is 14.9 Å². The van der Waals surface area contributed by atoms with Crippen molar-refractivity contribution in [1.82, 2.24) is 5.32 Å². The van der Waals surface area contributed by atoms with Crippen molar-refractivity contribution >= 4 is 11.8 Å². The molecule has 2 rings (SSSR count). The maximum Gasteiger partial charge on any atom is 0.244 e. The normalized spacial score (nSPS) is 26.2. The first-order valence-corrected chi connectivity index (χ1v) is 5.79. The van der Waals surface area contributed by atoms with E-state index in [1.165, 1.54) is 0 Å². The lowest BCUT2D eigenvalue weighted by atomic mass is 9.74. The van der Waals surface area contributed by atoms with E-state index in [1.807, 2.05) is 31.2 Å². The second-order valence-corrected chi connectivity index (χ2v) is 4.50. The molecule has 5 heteroatoms. The first kappa shape index (κ1) is 12.8. The van der Waals surface area contributed by atoms with Crippen LogP contribution in [-0.4, -0.2) is 11.8 Å². The minimum absolute atomic E-state index is 0.635. The summed E-state index contributed by atoms with van der Waals surface area (Å²) in [5.41, 5.74) is 1.68. The summed E-state index contributed by atoms with van der Waals surface area (Å²) in [7, 11) is 0. The molecule has 1 fully saturated rings. The van der Waals surface area contributed by atoms with Crippen LogP contribution in [0, 0.1) is 41.4 Å². The third kappa shape index (κ3) is 2.19. The molecule has 0 spiro atoms. The number of rotatable bonds is 1. The summed E-state index contributed by atoms with van der Waals surface area (Å²) in [5.74, 6) is -4.03. The van der Waals surface area contributed by atoms with Gasteiger partial charge in [-0.05, 0) is 12.5 Å². The fourth-order valence-electron chi connectivity index (χ4n) is 2.25. The van der Waals surface area contributed by atoms with E-state index in [1.54, 1.807) is 12.1 Å². The van der Waals surface area contributed by atoms with Crippen LogP contribution in [0.3, 0.4) is 0 Å². The van der Waals surface area contributed by atoms with Crippen LogP contribution in [0.15, 0.2) is 24.3 Å². The molecular formula is C14H11N3O2. The summed E-state index contributed by atoms with van der Waals surface area (Å²) in [6.07, 6.45) is 0. The smallest absolute Gasteiger partial charge is 0.244 e. The number of imide groups is 1. The van der Waals surface area contributed by atoms with E-state index in [9.17, 15) is 9.59 Å². The van der Waals surface area contributed by atoms with Crippen LogP contribution < -0.4 is 5.32 Å². The maximum atomic E-state index is 11.7. The molecular weight excluding hydrogens is 242 g/mol. The Morgan fingerprint density at radius 1 is 1.00 bits per heavy atom. The Hall–Kier alpha value is -2.66. The van der Waals surface area contributed by atoms with E-state index in [0.717, 1.165) is 5.56 Å². The first-order valence-electron chi connectivity index (χ1n) is 5.79. The summed E-state index contributed by atoms with van der Waals surface area (Å²) >= 11 is 0. The molecule has 2 atom stereocenters. The van der Waals surface area contributed by atoms with Crippen LogP contribution in [-0.2, 0) is 9.59 Å². The molecule has 0 aliphatic carbocycles. The number of nitriles is 2. The Labute approximate surface area is 110 Å². The van der Waals surface area contributed by atoms with E-state index < -0.39 is 29.6 Å². The number of hydrogen-bond acceptors (Lipinski definition) is 4. The average molecular weight is 253 g/mol. The van der Waals surface area contributed by atoms with Crippen molar-refractivity contribution in [3.63, 3.8) is 0 Å². The van der Waals surface area contributed by atoms with Crippen molar-refractivity contribution in [1.29, 1.82) is 10.5 Å². The summed E-state index contributed by atoms with van der Waals surface area (Å²) in [6, 6.07) is 10.9. The lowest BCUT2D eigenvalue weighted by molar-refractivity contribution is -0.137. The molecule has 5 nitrogen and oxygen atoms in total. The van der Waals surface area contributed by atoms with E-state index in [2.05, 4.69) is 5.32 Å². The van der Waals surface area contributed by atoms with Crippen molar-refractivity contribution in [2.75, 3.05) is 0 Å². The van der Waals surface area contributed by atoms with Gasteiger partial charge in [0.15, 0.2) is 0 Å². The largest absolute Gasteiger partial charge is 0.294 e. The van der Waals surface area contributed by atoms with Crippen molar-refractivity contribution < 1.29 is 9.59 Å². The topological polar surface area (TPSA) is 93.8 Å². The molecule has 1 aliphatic rings. The highest BCUT2D eigenvalue weighted by molar-refractivity contribution is 6.03. The Balaban J connectivity index is 2.50. The number of hydrogen-bond donors (Lipinski definition) is 1. The number of piperidine rings is 1. The van der Waals surface area contributed by atoms with E-state index in [0.29, 0.717) is 5.56 Å². The predicted molar refractivity (Wildman–Crippen MR) is 65.3 cm³/mol. The Morgan fingerprint density at radius 3 is 1.89 bits per heavy atom. The SMILES string of the molecule is Cc1ccc(C2C(C#N)C(=O)NC(=O)C2C#N)cc1. The Morgan fingerprint density at radius 2 is 1.47 bits per heavy atom.